The third-order valence-electron chi connectivity index (χ3n) is 9.72. The van der Waals surface area contributed by atoms with Crippen LogP contribution in [0.3, 0.4) is 0 Å². The molecule has 0 unspecified atom stereocenters. The summed E-state index contributed by atoms with van der Waals surface area (Å²) in [6.45, 7) is 0. The highest BCUT2D eigenvalue weighted by atomic mass is 16.4. The quantitative estimate of drug-likeness (QED) is 0.136. The molecular weight excluding hydrogens is 713 g/mol. The molecule has 8 rings (SSSR count). The van der Waals surface area contributed by atoms with E-state index in [0.29, 0.717) is 0 Å². The third kappa shape index (κ3) is 9.16. The molecular formula is C54H40O4. The Balaban J connectivity index is 0.000000177. The Kier molecular flexibility index (Phi) is 12.4. The van der Waals surface area contributed by atoms with Crippen molar-refractivity contribution in [1.82, 2.24) is 0 Å². The van der Waals surface area contributed by atoms with Crippen molar-refractivity contribution in [2.75, 3.05) is 0 Å². The molecule has 0 aliphatic carbocycles. The smallest absolute Gasteiger partial charge is 0.335 e. The zero-order chi connectivity index (χ0) is 40.1. The van der Waals surface area contributed by atoms with Crippen LogP contribution in [-0.2, 0) is 0 Å². The van der Waals surface area contributed by atoms with E-state index in [1.807, 2.05) is 133 Å². The highest BCUT2D eigenvalue weighted by Gasteiger charge is 2.18. The van der Waals surface area contributed by atoms with Crippen LogP contribution in [0, 0.1) is 0 Å². The Hall–Kier alpha value is -7.82. The Bertz CT molecular complexity index is 2360. The van der Waals surface area contributed by atoms with Crippen LogP contribution in [0.5, 0.6) is 0 Å². The second kappa shape index (κ2) is 18.7. The van der Waals surface area contributed by atoms with Crippen LogP contribution < -0.4 is 0 Å². The van der Waals surface area contributed by atoms with Crippen molar-refractivity contribution in [3.8, 4) is 0 Å². The number of aromatic carboxylic acids is 2. The summed E-state index contributed by atoms with van der Waals surface area (Å²) in [5, 5.41) is 18.6. The summed E-state index contributed by atoms with van der Waals surface area (Å²) in [6.07, 6.45) is 0. The maximum atomic E-state index is 11.3. The number of benzene rings is 8. The number of rotatable bonds is 10. The van der Waals surface area contributed by atoms with Gasteiger partial charge in [0.25, 0.3) is 0 Å². The first kappa shape index (κ1) is 38.5. The predicted octanol–water partition coefficient (Wildman–Crippen LogP) is 12.8. The van der Waals surface area contributed by atoms with Gasteiger partial charge in [-0.05, 0) is 91.1 Å². The van der Waals surface area contributed by atoms with E-state index >= 15 is 0 Å². The van der Waals surface area contributed by atoms with Crippen molar-refractivity contribution in [3.63, 3.8) is 0 Å². The van der Waals surface area contributed by atoms with Crippen molar-refractivity contribution in [2.24, 2.45) is 0 Å². The van der Waals surface area contributed by atoms with Gasteiger partial charge in [-0.2, -0.15) is 0 Å². The zero-order valence-corrected chi connectivity index (χ0v) is 31.7. The molecule has 0 fully saturated rings. The van der Waals surface area contributed by atoms with Crippen LogP contribution in [0.25, 0.3) is 22.3 Å². The average molecular weight is 753 g/mol. The molecule has 0 bridgehead atoms. The second-order valence-corrected chi connectivity index (χ2v) is 13.5. The van der Waals surface area contributed by atoms with Crippen LogP contribution in [-0.4, -0.2) is 22.2 Å². The van der Waals surface area contributed by atoms with Gasteiger partial charge in [-0.25, -0.2) is 9.59 Å². The lowest BCUT2D eigenvalue weighted by molar-refractivity contribution is 0.0686. The molecule has 0 spiro atoms. The van der Waals surface area contributed by atoms with Crippen LogP contribution in [0.2, 0.25) is 0 Å². The molecule has 0 radical (unpaired) electrons. The van der Waals surface area contributed by atoms with Gasteiger partial charge in [-0.1, -0.05) is 206 Å². The van der Waals surface area contributed by atoms with Gasteiger partial charge >= 0.3 is 11.9 Å². The summed E-state index contributed by atoms with van der Waals surface area (Å²) in [7, 11) is 0. The first-order valence-electron chi connectivity index (χ1n) is 19.0. The van der Waals surface area contributed by atoms with E-state index in [1.165, 1.54) is 0 Å². The minimum atomic E-state index is -0.923. The van der Waals surface area contributed by atoms with Gasteiger partial charge < -0.3 is 10.2 Å². The maximum absolute atomic E-state index is 11.3. The first-order chi connectivity index (χ1) is 28.5. The largest absolute Gasteiger partial charge is 0.478 e. The summed E-state index contributed by atoms with van der Waals surface area (Å²) in [5.74, 6) is -1.85. The van der Waals surface area contributed by atoms with Crippen molar-refractivity contribution >= 4 is 34.2 Å². The van der Waals surface area contributed by atoms with Gasteiger partial charge in [0, 0.05) is 0 Å². The fourth-order valence-corrected chi connectivity index (χ4v) is 7.01. The summed E-state index contributed by atoms with van der Waals surface area (Å²) in [4.78, 5) is 22.6. The number of carboxylic acids is 2. The molecule has 4 nitrogen and oxygen atoms in total. The standard InChI is InChI=1S/2C27H20O2/c2*28-27(29)24-18-16-23(17-19-24)26(22-14-8-3-9-15-22)25(20-10-4-1-5-11-20)21-12-6-2-7-13-21/h2*1-19H,(H,28,29). The van der Waals surface area contributed by atoms with E-state index < -0.39 is 11.9 Å². The summed E-state index contributed by atoms with van der Waals surface area (Å²) >= 11 is 0. The molecule has 0 aromatic heterocycles. The highest BCUT2D eigenvalue weighted by molar-refractivity contribution is 6.06. The van der Waals surface area contributed by atoms with Crippen molar-refractivity contribution < 1.29 is 19.8 Å². The van der Waals surface area contributed by atoms with Crippen LogP contribution >= 0.6 is 0 Å². The number of carboxylic acid groups (broad SMARTS) is 2. The molecule has 0 saturated heterocycles. The highest BCUT2D eigenvalue weighted by Crippen LogP contribution is 2.38. The lowest BCUT2D eigenvalue weighted by Gasteiger charge is -2.18. The first-order valence-corrected chi connectivity index (χ1v) is 19.0. The molecule has 0 atom stereocenters. The van der Waals surface area contributed by atoms with E-state index in [4.69, 9.17) is 0 Å². The molecule has 0 amide bonds. The molecule has 8 aromatic carbocycles. The topological polar surface area (TPSA) is 74.6 Å². The van der Waals surface area contributed by atoms with Crippen molar-refractivity contribution in [3.05, 3.63) is 286 Å². The summed E-state index contributed by atoms with van der Waals surface area (Å²) in [6, 6.07) is 75.8. The van der Waals surface area contributed by atoms with Gasteiger partial charge in [-0.3, -0.25) is 0 Å². The summed E-state index contributed by atoms with van der Waals surface area (Å²) in [5.41, 5.74) is 13.5. The van der Waals surface area contributed by atoms with Crippen LogP contribution in [0.4, 0.5) is 0 Å². The van der Waals surface area contributed by atoms with Gasteiger partial charge in [0.05, 0.1) is 11.1 Å². The minimum absolute atomic E-state index is 0.280. The fourth-order valence-electron chi connectivity index (χ4n) is 7.01. The second-order valence-electron chi connectivity index (χ2n) is 13.5. The van der Waals surface area contributed by atoms with E-state index in [-0.39, 0.29) is 11.1 Å². The normalized spacial score (nSPS) is 10.3. The van der Waals surface area contributed by atoms with E-state index in [1.54, 1.807) is 24.3 Å². The van der Waals surface area contributed by atoms with Crippen LogP contribution in [0.15, 0.2) is 231 Å². The molecule has 0 aliphatic heterocycles. The predicted molar refractivity (Wildman–Crippen MR) is 235 cm³/mol. The molecule has 58 heavy (non-hydrogen) atoms. The monoisotopic (exact) mass is 752 g/mol. The molecule has 280 valence electrons. The van der Waals surface area contributed by atoms with Gasteiger partial charge in [0.2, 0.25) is 0 Å². The molecule has 0 saturated carbocycles. The molecule has 4 heteroatoms. The van der Waals surface area contributed by atoms with Crippen LogP contribution in [0.1, 0.15) is 65.2 Å². The molecule has 0 heterocycles. The van der Waals surface area contributed by atoms with Gasteiger partial charge in [0.1, 0.15) is 0 Å². The fraction of sp³-hybridized carbons (Fsp3) is 0. The minimum Gasteiger partial charge on any atom is -0.478 e. The lowest BCUT2D eigenvalue weighted by atomic mass is 9.85. The molecule has 8 aromatic rings. The lowest BCUT2D eigenvalue weighted by Crippen LogP contribution is -1.99. The average Bonchev–Trinajstić information content (AvgIpc) is 3.29. The van der Waals surface area contributed by atoms with Gasteiger partial charge in [0.15, 0.2) is 0 Å². The van der Waals surface area contributed by atoms with Gasteiger partial charge in [-0.15, -0.1) is 0 Å². The SMILES string of the molecule is O=C(O)c1ccc(C(=C(c2ccccc2)c2ccccc2)c2ccccc2)cc1.O=C(O)c1ccc(C(=C(c2ccccc2)c2ccccc2)c2ccccc2)cc1. The van der Waals surface area contributed by atoms with E-state index in [0.717, 1.165) is 66.8 Å². The number of hydrogen-bond acceptors (Lipinski definition) is 2. The summed E-state index contributed by atoms with van der Waals surface area (Å²) < 4.78 is 0. The Morgan fingerprint density at radius 2 is 0.345 bits per heavy atom. The third-order valence-corrected chi connectivity index (χ3v) is 9.72. The number of hydrogen-bond donors (Lipinski definition) is 2. The number of carbonyl (C=O) groups is 2. The molecule has 0 aliphatic rings. The van der Waals surface area contributed by atoms with E-state index in [9.17, 15) is 19.8 Å². The molecule has 2 N–H and O–H groups in total. The Morgan fingerprint density at radius 1 is 0.207 bits per heavy atom. The van der Waals surface area contributed by atoms with E-state index in [2.05, 4.69) is 72.8 Å². The van der Waals surface area contributed by atoms with Crippen molar-refractivity contribution in [2.45, 2.75) is 0 Å². The van der Waals surface area contributed by atoms with Crippen molar-refractivity contribution in [1.29, 1.82) is 0 Å². The Morgan fingerprint density at radius 3 is 0.500 bits per heavy atom. The zero-order valence-electron chi connectivity index (χ0n) is 31.7. The Labute approximate surface area is 339 Å². The maximum Gasteiger partial charge on any atom is 0.335 e.